The molecule has 3 N–H and O–H groups in total. The van der Waals surface area contributed by atoms with E-state index >= 15 is 0 Å². The Morgan fingerprint density at radius 1 is 1.35 bits per heavy atom. The fourth-order valence-electron chi connectivity index (χ4n) is 3.25. The predicted octanol–water partition coefficient (Wildman–Crippen LogP) is 1.04. The number of nitrogens with two attached hydrogens (primary N) is 1. The van der Waals surface area contributed by atoms with Gasteiger partial charge in [0.05, 0.1) is 11.3 Å². The lowest BCUT2D eigenvalue weighted by atomic mass is 10.2. The number of fused-ring (bicyclic) bond motifs is 1. The van der Waals surface area contributed by atoms with Crippen LogP contribution >= 0.6 is 0 Å². The summed E-state index contributed by atoms with van der Waals surface area (Å²) in [5.74, 6) is -0.266. The zero-order chi connectivity index (χ0) is 14.1. The normalized spacial score (nSPS) is 23.4. The Morgan fingerprint density at radius 3 is 2.90 bits per heavy atom. The zero-order valence-electron chi connectivity index (χ0n) is 11.5. The second kappa shape index (κ2) is 5.28. The first-order valence-electron chi connectivity index (χ1n) is 7.13. The Morgan fingerprint density at radius 2 is 2.15 bits per heavy atom. The van der Waals surface area contributed by atoms with Gasteiger partial charge in [0.25, 0.3) is 0 Å². The maximum absolute atomic E-state index is 10.9. The molecule has 2 fully saturated rings. The van der Waals surface area contributed by atoms with Crippen LogP contribution in [0.15, 0.2) is 12.3 Å². The molecule has 0 amide bonds. The van der Waals surface area contributed by atoms with Crippen LogP contribution in [0, 0.1) is 0 Å². The highest BCUT2D eigenvalue weighted by molar-refractivity contribution is 5.89. The fraction of sp³-hybridized carbons (Fsp3) is 0.571. The number of aromatic carboxylic acids is 1. The monoisotopic (exact) mass is 276 g/mol. The van der Waals surface area contributed by atoms with Crippen molar-refractivity contribution in [3.8, 4) is 0 Å². The molecule has 1 unspecified atom stereocenters. The van der Waals surface area contributed by atoms with E-state index in [1.54, 1.807) is 0 Å². The number of rotatable bonds is 2. The molecule has 1 aromatic heterocycles. The number of aromatic nitrogens is 1. The van der Waals surface area contributed by atoms with Crippen LogP contribution in [0.5, 0.6) is 0 Å². The summed E-state index contributed by atoms with van der Waals surface area (Å²) >= 11 is 0. The van der Waals surface area contributed by atoms with Gasteiger partial charge in [-0.15, -0.1) is 0 Å². The molecule has 3 rings (SSSR count). The number of hydrogen-bond donors (Lipinski definition) is 2. The molecular formula is C14H20N4O2. The molecule has 20 heavy (non-hydrogen) atoms. The van der Waals surface area contributed by atoms with Gasteiger partial charge in [-0.3, -0.25) is 4.90 Å². The molecule has 0 spiro atoms. The number of carboxylic acids is 1. The van der Waals surface area contributed by atoms with E-state index in [1.165, 1.54) is 31.6 Å². The number of anilines is 2. The third kappa shape index (κ3) is 2.43. The van der Waals surface area contributed by atoms with Gasteiger partial charge in [0.1, 0.15) is 0 Å². The summed E-state index contributed by atoms with van der Waals surface area (Å²) < 4.78 is 0. The summed E-state index contributed by atoms with van der Waals surface area (Å²) in [6.45, 7) is 4.19. The minimum atomic E-state index is -0.992. The Balaban J connectivity index is 1.82. The molecule has 3 heterocycles. The van der Waals surface area contributed by atoms with Crippen molar-refractivity contribution in [3.63, 3.8) is 0 Å². The Labute approximate surface area is 118 Å². The standard InChI is InChI=1S/C14H20N4O2/c15-12-7-10(14(19)20)8-16-13(12)18-6-2-5-17-4-1-3-11(17)9-18/h7-8,11H,1-6,9,15H2,(H,19,20). The van der Waals surface area contributed by atoms with Gasteiger partial charge in [-0.25, -0.2) is 9.78 Å². The number of nitrogen functional groups attached to an aromatic ring is 1. The van der Waals surface area contributed by atoms with E-state index in [9.17, 15) is 4.79 Å². The number of carboxylic acid groups (broad SMARTS) is 1. The highest BCUT2D eigenvalue weighted by Crippen LogP contribution is 2.27. The minimum absolute atomic E-state index is 0.142. The van der Waals surface area contributed by atoms with Gasteiger partial charge in [-0.2, -0.15) is 0 Å². The summed E-state index contributed by atoms with van der Waals surface area (Å²) in [5.41, 5.74) is 6.59. The van der Waals surface area contributed by atoms with E-state index in [-0.39, 0.29) is 5.56 Å². The van der Waals surface area contributed by atoms with Crippen LogP contribution in [0.4, 0.5) is 11.5 Å². The summed E-state index contributed by atoms with van der Waals surface area (Å²) in [4.78, 5) is 20.0. The van der Waals surface area contributed by atoms with Gasteiger partial charge in [-0.05, 0) is 31.9 Å². The quantitative estimate of drug-likeness (QED) is 0.839. The first-order chi connectivity index (χ1) is 9.65. The molecule has 1 atom stereocenters. The van der Waals surface area contributed by atoms with Crippen molar-refractivity contribution in [2.45, 2.75) is 25.3 Å². The largest absolute Gasteiger partial charge is 0.478 e. The van der Waals surface area contributed by atoms with Crippen LogP contribution in [0.2, 0.25) is 0 Å². The Kier molecular flexibility index (Phi) is 3.48. The number of pyridine rings is 1. The van der Waals surface area contributed by atoms with Crippen molar-refractivity contribution in [2.24, 2.45) is 0 Å². The van der Waals surface area contributed by atoms with Gasteiger partial charge in [0.15, 0.2) is 5.82 Å². The second-order valence-electron chi connectivity index (χ2n) is 5.57. The topological polar surface area (TPSA) is 82.7 Å². The Hall–Kier alpha value is -1.82. The van der Waals surface area contributed by atoms with E-state index in [1.807, 2.05) is 0 Å². The average molecular weight is 276 g/mol. The third-order valence-corrected chi connectivity index (χ3v) is 4.25. The lowest BCUT2D eigenvalue weighted by Gasteiger charge is -2.27. The molecule has 0 aromatic carbocycles. The van der Waals surface area contributed by atoms with Gasteiger partial charge in [0.2, 0.25) is 0 Å². The lowest BCUT2D eigenvalue weighted by molar-refractivity contribution is 0.0696. The summed E-state index contributed by atoms with van der Waals surface area (Å²) in [6, 6.07) is 2.08. The van der Waals surface area contributed by atoms with Crippen molar-refractivity contribution in [1.82, 2.24) is 9.88 Å². The molecule has 0 aliphatic carbocycles. The minimum Gasteiger partial charge on any atom is -0.478 e. The van der Waals surface area contributed by atoms with E-state index in [0.717, 1.165) is 31.9 Å². The molecule has 1 aromatic rings. The first-order valence-corrected chi connectivity index (χ1v) is 7.13. The number of hydrogen-bond acceptors (Lipinski definition) is 5. The summed E-state index contributed by atoms with van der Waals surface area (Å²) in [5, 5.41) is 8.96. The van der Waals surface area contributed by atoms with Crippen molar-refractivity contribution < 1.29 is 9.90 Å². The van der Waals surface area contributed by atoms with E-state index in [4.69, 9.17) is 10.8 Å². The highest BCUT2D eigenvalue weighted by atomic mass is 16.4. The average Bonchev–Trinajstić information content (AvgIpc) is 2.76. The molecule has 0 radical (unpaired) electrons. The number of nitrogens with zero attached hydrogens (tertiary/aromatic N) is 3. The third-order valence-electron chi connectivity index (χ3n) is 4.25. The first kappa shape index (κ1) is 13.2. The molecule has 108 valence electrons. The van der Waals surface area contributed by atoms with Gasteiger partial charge in [-0.1, -0.05) is 0 Å². The van der Waals surface area contributed by atoms with Gasteiger partial charge < -0.3 is 15.7 Å². The second-order valence-corrected chi connectivity index (χ2v) is 5.57. The van der Waals surface area contributed by atoms with Crippen molar-refractivity contribution >= 4 is 17.5 Å². The van der Waals surface area contributed by atoms with E-state index in [0.29, 0.717) is 11.7 Å². The predicted molar refractivity (Wildman–Crippen MR) is 77.0 cm³/mol. The molecule has 2 aliphatic rings. The van der Waals surface area contributed by atoms with E-state index < -0.39 is 5.97 Å². The maximum atomic E-state index is 10.9. The molecule has 6 heteroatoms. The number of carbonyl (C=O) groups is 1. The van der Waals surface area contributed by atoms with Crippen molar-refractivity contribution in [3.05, 3.63) is 17.8 Å². The van der Waals surface area contributed by atoms with E-state index in [2.05, 4.69) is 14.8 Å². The fourth-order valence-corrected chi connectivity index (χ4v) is 3.25. The van der Waals surface area contributed by atoms with Crippen LogP contribution in [0.25, 0.3) is 0 Å². The highest BCUT2D eigenvalue weighted by Gasteiger charge is 2.29. The van der Waals surface area contributed by atoms with Crippen LogP contribution in [0.3, 0.4) is 0 Å². The van der Waals surface area contributed by atoms with Crippen molar-refractivity contribution in [2.75, 3.05) is 36.8 Å². The SMILES string of the molecule is Nc1cc(C(=O)O)cnc1N1CCCN2CCCC2C1. The molecule has 6 nitrogen and oxygen atoms in total. The van der Waals surface area contributed by atoms with Crippen molar-refractivity contribution in [1.29, 1.82) is 0 Å². The summed E-state index contributed by atoms with van der Waals surface area (Å²) in [6.07, 6.45) is 4.98. The zero-order valence-corrected chi connectivity index (χ0v) is 11.5. The molecule has 0 bridgehead atoms. The molecule has 2 saturated heterocycles. The van der Waals surface area contributed by atoms with Crippen LogP contribution in [-0.4, -0.2) is 53.2 Å². The maximum Gasteiger partial charge on any atom is 0.337 e. The molecule has 2 aliphatic heterocycles. The van der Waals surface area contributed by atoms with Gasteiger partial charge >= 0.3 is 5.97 Å². The molecule has 0 saturated carbocycles. The van der Waals surface area contributed by atoms with Crippen LogP contribution in [-0.2, 0) is 0 Å². The smallest absolute Gasteiger partial charge is 0.337 e. The lowest BCUT2D eigenvalue weighted by Crippen LogP contribution is -2.37. The van der Waals surface area contributed by atoms with Gasteiger partial charge in [0, 0.05) is 31.9 Å². The van der Waals surface area contributed by atoms with Crippen LogP contribution < -0.4 is 10.6 Å². The molecular weight excluding hydrogens is 256 g/mol. The van der Waals surface area contributed by atoms with Crippen LogP contribution in [0.1, 0.15) is 29.6 Å². The Bertz CT molecular complexity index is 520. The summed E-state index contributed by atoms with van der Waals surface area (Å²) in [7, 11) is 0.